The van der Waals surface area contributed by atoms with E-state index in [2.05, 4.69) is 21.2 Å². The van der Waals surface area contributed by atoms with Gasteiger partial charge in [-0.25, -0.2) is 10.2 Å². The number of imide groups is 2. The molecule has 2 aliphatic carbocycles. The molecule has 1 aliphatic heterocycles. The molecular weight excluding hydrogens is 438 g/mol. The van der Waals surface area contributed by atoms with Crippen molar-refractivity contribution in [3.05, 3.63) is 29.8 Å². The third-order valence-corrected chi connectivity index (χ3v) is 6.74. The van der Waals surface area contributed by atoms with E-state index in [0.717, 1.165) is 31.9 Å². The van der Waals surface area contributed by atoms with Crippen LogP contribution in [0, 0.1) is 23.2 Å². The summed E-state index contributed by atoms with van der Waals surface area (Å²) >= 11 is 0. The number of hydrogen-bond donors (Lipinski definition) is 3. The Hall–Kier alpha value is -3.56. The van der Waals surface area contributed by atoms with Crippen LogP contribution in [0.4, 0.5) is 10.5 Å². The summed E-state index contributed by atoms with van der Waals surface area (Å²) in [6.45, 7) is 5.39. The maximum atomic E-state index is 13.0. The number of urea groups is 1. The molecule has 1 aromatic rings. The van der Waals surface area contributed by atoms with E-state index in [4.69, 9.17) is 0 Å². The number of rotatable bonds is 5. The molecule has 10 heteroatoms. The summed E-state index contributed by atoms with van der Waals surface area (Å²) in [6.07, 6.45) is 4.92. The van der Waals surface area contributed by atoms with Crippen molar-refractivity contribution in [2.45, 2.75) is 52.5 Å². The fourth-order valence-electron chi connectivity index (χ4n) is 4.84. The molecule has 4 rings (SSSR count). The summed E-state index contributed by atoms with van der Waals surface area (Å²) in [5.41, 5.74) is 2.58. The number of hydrogen-bond acceptors (Lipinski definition) is 6. The Morgan fingerprint density at radius 2 is 1.79 bits per heavy atom. The molecule has 2 saturated carbocycles. The van der Waals surface area contributed by atoms with Gasteiger partial charge in [0.2, 0.25) is 17.7 Å². The molecule has 0 aromatic heterocycles. The highest BCUT2D eigenvalue weighted by molar-refractivity contribution is 6.23. The lowest BCUT2D eigenvalue weighted by Gasteiger charge is -2.36. The van der Waals surface area contributed by atoms with Crippen molar-refractivity contribution in [2.75, 3.05) is 5.32 Å². The van der Waals surface area contributed by atoms with Crippen molar-refractivity contribution in [3.8, 4) is 0 Å². The predicted molar refractivity (Wildman–Crippen MR) is 124 cm³/mol. The summed E-state index contributed by atoms with van der Waals surface area (Å²) in [5.74, 6) is -2.55. The second kappa shape index (κ2) is 9.00. The zero-order valence-corrected chi connectivity index (χ0v) is 19.5. The molecule has 3 fully saturated rings. The van der Waals surface area contributed by atoms with E-state index >= 15 is 0 Å². The lowest BCUT2D eigenvalue weighted by molar-refractivity contribution is -0.141. The van der Waals surface area contributed by atoms with Gasteiger partial charge in [-0.05, 0) is 55.4 Å². The van der Waals surface area contributed by atoms with Crippen LogP contribution in [0.5, 0.6) is 0 Å². The highest BCUT2D eigenvalue weighted by atomic mass is 16.2. The van der Waals surface area contributed by atoms with Crippen LogP contribution in [0.3, 0.4) is 0 Å². The first kappa shape index (κ1) is 23.6. The highest BCUT2D eigenvalue weighted by Gasteiger charge is 2.50. The zero-order valence-electron chi connectivity index (χ0n) is 19.5. The maximum absolute atomic E-state index is 13.0. The van der Waals surface area contributed by atoms with E-state index in [-0.39, 0.29) is 23.4 Å². The molecule has 3 N–H and O–H groups in total. The number of nitrogens with one attached hydrogen (secondary N) is 3. The van der Waals surface area contributed by atoms with E-state index in [1.54, 1.807) is 32.9 Å². The summed E-state index contributed by atoms with van der Waals surface area (Å²) in [7, 11) is 0. The largest absolute Gasteiger partial charge is 0.331 e. The standard InChI is InChI=1S/C24H29N5O5/c1-24(2,3)22(33)26-16-8-6-14(7-9-16)19(30)28-25-12-17-20(31)27-23(34)29(21(17)32)18-11-13-4-5-15(18)10-13/h6-9,12-13,15,17-18H,4-5,10-11H2,1-3H3,(H,26,33)(H,28,30)(H,27,31,34)/b25-12-/t13-,15-,17-,18+/m0/s1. The molecule has 6 amide bonds. The molecule has 3 aliphatic rings. The van der Waals surface area contributed by atoms with E-state index < -0.39 is 35.1 Å². The predicted octanol–water partition coefficient (Wildman–Crippen LogP) is 2.27. The Morgan fingerprint density at radius 3 is 2.38 bits per heavy atom. The van der Waals surface area contributed by atoms with Crippen LogP contribution in [-0.4, -0.2) is 46.8 Å². The van der Waals surface area contributed by atoms with Gasteiger partial charge in [0.1, 0.15) is 0 Å². The Labute approximate surface area is 197 Å². The number of anilines is 1. The van der Waals surface area contributed by atoms with Crippen LogP contribution in [0.15, 0.2) is 29.4 Å². The van der Waals surface area contributed by atoms with E-state index in [1.165, 1.54) is 17.0 Å². The lowest BCUT2D eigenvalue weighted by Crippen LogP contribution is -2.62. The molecule has 34 heavy (non-hydrogen) atoms. The fourth-order valence-corrected chi connectivity index (χ4v) is 4.84. The third kappa shape index (κ3) is 4.71. The molecule has 0 unspecified atom stereocenters. The van der Waals surface area contributed by atoms with Crippen LogP contribution < -0.4 is 16.1 Å². The molecule has 1 heterocycles. The van der Waals surface area contributed by atoms with Gasteiger partial charge in [0.15, 0.2) is 5.92 Å². The van der Waals surface area contributed by atoms with Gasteiger partial charge in [0.05, 0.1) is 0 Å². The third-order valence-electron chi connectivity index (χ3n) is 6.74. The molecule has 180 valence electrons. The Balaban J connectivity index is 1.37. The monoisotopic (exact) mass is 467 g/mol. The first-order valence-electron chi connectivity index (χ1n) is 11.5. The molecular formula is C24H29N5O5. The number of hydrazone groups is 1. The molecule has 10 nitrogen and oxygen atoms in total. The van der Waals surface area contributed by atoms with E-state index in [9.17, 15) is 24.0 Å². The SMILES string of the molecule is CC(C)(C)C(=O)Nc1ccc(C(=O)N/N=C\[C@H]2C(=O)NC(=O)N([C@@H]3C[C@H]4CC[C@H]3C4)C2=O)cc1. The van der Waals surface area contributed by atoms with Gasteiger partial charge in [-0.3, -0.25) is 29.4 Å². The van der Waals surface area contributed by atoms with Gasteiger partial charge in [0, 0.05) is 28.9 Å². The topological polar surface area (TPSA) is 137 Å². The molecule has 0 spiro atoms. The fraction of sp³-hybridized carbons (Fsp3) is 0.500. The molecule has 1 saturated heterocycles. The number of amides is 6. The first-order valence-corrected chi connectivity index (χ1v) is 11.5. The van der Waals surface area contributed by atoms with Gasteiger partial charge < -0.3 is 5.32 Å². The van der Waals surface area contributed by atoms with Gasteiger partial charge in [-0.1, -0.05) is 27.2 Å². The second-order valence-electron chi connectivity index (χ2n) is 10.2. The minimum Gasteiger partial charge on any atom is -0.326 e. The summed E-state index contributed by atoms with van der Waals surface area (Å²) in [4.78, 5) is 63.2. The van der Waals surface area contributed by atoms with Crippen molar-refractivity contribution >= 4 is 41.6 Å². The van der Waals surface area contributed by atoms with Gasteiger partial charge in [0.25, 0.3) is 5.91 Å². The lowest BCUT2D eigenvalue weighted by atomic mass is 9.92. The smallest absolute Gasteiger partial charge is 0.326 e. The Kier molecular flexibility index (Phi) is 6.24. The van der Waals surface area contributed by atoms with Crippen LogP contribution in [0.1, 0.15) is 56.8 Å². The quantitative estimate of drug-likeness (QED) is 0.347. The second-order valence-corrected chi connectivity index (χ2v) is 10.2. The van der Waals surface area contributed by atoms with Crippen molar-refractivity contribution in [3.63, 3.8) is 0 Å². The average Bonchev–Trinajstić information content (AvgIpc) is 3.39. The van der Waals surface area contributed by atoms with Crippen molar-refractivity contribution in [1.82, 2.24) is 15.6 Å². The average molecular weight is 468 g/mol. The zero-order chi connectivity index (χ0) is 24.6. The summed E-state index contributed by atoms with van der Waals surface area (Å²) in [6, 6.07) is 5.37. The number of carbonyl (C=O) groups is 5. The van der Waals surface area contributed by atoms with Crippen molar-refractivity contribution < 1.29 is 24.0 Å². The minimum absolute atomic E-state index is 0.150. The maximum Gasteiger partial charge on any atom is 0.331 e. The van der Waals surface area contributed by atoms with E-state index in [1.807, 2.05) is 0 Å². The van der Waals surface area contributed by atoms with Crippen LogP contribution >= 0.6 is 0 Å². The van der Waals surface area contributed by atoms with Crippen LogP contribution in [-0.2, 0) is 14.4 Å². The molecule has 2 bridgehead atoms. The normalized spacial score (nSPS) is 26.7. The molecule has 0 radical (unpaired) electrons. The van der Waals surface area contributed by atoms with Gasteiger partial charge >= 0.3 is 6.03 Å². The Morgan fingerprint density at radius 1 is 1.09 bits per heavy atom. The summed E-state index contributed by atoms with van der Waals surface area (Å²) < 4.78 is 0. The van der Waals surface area contributed by atoms with Gasteiger partial charge in [-0.2, -0.15) is 5.10 Å². The number of barbiturate groups is 1. The number of nitrogens with zero attached hydrogens (tertiary/aromatic N) is 2. The highest BCUT2D eigenvalue weighted by Crippen LogP contribution is 2.47. The number of carbonyl (C=O) groups excluding carboxylic acids is 5. The molecule has 4 atom stereocenters. The van der Waals surface area contributed by atoms with Crippen LogP contribution in [0.2, 0.25) is 0 Å². The molecule has 1 aromatic carbocycles. The van der Waals surface area contributed by atoms with E-state index in [0.29, 0.717) is 11.6 Å². The first-order chi connectivity index (χ1) is 16.0. The van der Waals surface area contributed by atoms with Crippen molar-refractivity contribution in [1.29, 1.82) is 0 Å². The van der Waals surface area contributed by atoms with Crippen molar-refractivity contribution in [2.24, 2.45) is 28.3 Å². The number of benzene rings is 1. The number of fused-ring (bicyclic) bond motifs is 2. The Bertz CT molecular complexity index is 1060. The minimum atomic E-state index is -1.29. The van der Waals surface area contributed by atoms with Crippen LogP contribution in [0.25, 0.3) is 0 Å². The van der Waals surface area contributed by atoms with Gasteiger partial charge in [-0.15, -0.1) is 0 Å². The summed E-state index contributed by atoms with van der Waals surface area (Å²) in [5, 5.41) is 8.80.